The maximum absolute atomic E-state index is 13.1. The normalized spacial score (nSPS) is 11.8. The van der Waals surface area contributed by atoms with E-state index in [1.807, 2.05) is 0 Å². The molecule has 0 amide bonds. The van der Waals surface area contributed by atoms with Crippen LogP contribution >= 0.6 is 15.9 Å². The van der Waals surface area contributed by atoms with Crippen LogP contribution in [0.15, 0.2) is 34.2 Å². The predicted molar refractivity (Wildman–Crippen MR) is 65.7 cm³/mol. The van der Waals surface area contributed by atoms with Crippen LogP contribution in [-0.4, -0.2) is 25.8 Å². The van der Waals surface area contributed by atoms with Crippen molar-refractivity contribution in [3.8, 4) is 0 Å². The SMILES string of the molecule is NC(=NO)c1ncn(Cc2ccc(F)c(Br)c2)n1. The van der Waals surface area contributed by atoms with Crippen molar-refractivity contribution in [2.75, 3.05) is 0 Å². The lowest BCUT2D eigenvalue weighted by molar-refractivity contribution is 0.318. The van der Waals surface area contributed by atoms with E-state index in [1.165, 1.54) is 17.1 Å². The van der Waals surface area contributed by atoms with Crippen molar-refractivity contribution in [2.24, 2.45) is 10.9 Å². The molecular weight excluding hydrogens is 305 g/mol. The highest BCUT2D eigenvalue weighted by Gasteiger charge is 2.07. The zero-order chi connectivity index (χ0) is 13.1. The van der Waals surface area contributed by atoms with Gasteiger partial charge in [0.2, 0.25) is 11.7 Å². The van der Waals surface area contributed by atoms with E-state index in [1.54, 1.807) is 12.1 Å². The maximum Gasteiger partial charge on any atom is 0.219 e. The molecule has 1 heterocycles. The van der Waals surface area contributed by atoms with E-state index >= 15 is 0 Å². The first kappa shape index (κ1) is 12.5. The molecule has 2 rings (SSSR count). The fourth-order valence-electron chi connectivity index (χ4n) is 1.36. The molecule has 0 unspecified atom stereocenters. The highest BCUT2D eigenvalue weighted by molar-refractivity contribution is 9.10. The molecule has 94 valence electrons. The smallest absolute Gasteiger partial charge is 0.219 e. The van der Waals surface area contributed by atoms with Crippen molar-refractivity contribution in [3.05, 3.63) is 46.2 Å². The molecule has 1 aromatic carbocycles. The third-order valence-electron chi connectivity index (χ3n) is 2.20. The van der Waals surface area contributed by atoms with Crippen LogP contribution in [0, 0.1) is 5.82 Å². The van der Waals surface area contributed by atoms with Gasteiger partial charge in [0.15, 0.2) is 0 Å². The highest BCUT2D eigenvalue weighted by Crippen LogP contribution is 2.17. The molecule has 2 aromatic rings. The zero-order valence-corrected chi connectivity index (χ0v) is 10.7. The maximum atomic E-state index is 13.1. The van der Waals surface area contributed by atoms with Gasteiger partial charge in [0.05, 0.1) is 11.0 Å². The van der Waals surface area contributed by atoms with E-state index in [4.69, 9.17) is 10.9 Å². The third-order valence-corrected chi connectivity index (χ3v) is 2.81. The lowest BCUT2D eigenvalue weighted by Crippen LogP contribution is -2.15. The first-order chi connectivity index (χ1) is 8.60. The summed E-state index contributed by atoms with van der Waals surface area (Å²) in [7, 11) is 0. The number of amidine groups is 1. The van der Waals surface area contributed by atoms with Crippen LogP contribution in [0.2, 0.25) is 0 Å². The number of nitrogens with two attached hydrogens (primary N) is 1. The summed E-state index contributed by atoms with van der Waals surface area (Å²) in [4.78, 5) is 3.87. The van der Waals surface area contributed by atoms with E-state index in [0.29, 0.717) is 11.0 Å². The molecule has 0 aliphatic rings. The van der Waals surface area contributed by atoms with Crippen molar-refractivity contribution in [1.82, 2.24) is 14.8 Å². The molecule has 0 saturated carbocycles. The van der Waals surface area contributed by atoms with Crippen LogP contribution < -0.4 is 5.73 Å². The number of rotatable bonds is 3. The Labute approximate surface area is 110 Å². The second-order valence-corrected chi connectivity index (χ2v) is 4.35. The molecule has 0 saturated heterocycles. The average Bonchev–Trinajstić information content (AvgIpc) is 2.81. The van der Waals surface area contributed by atoms with Crippen LogP contribution in [0.3, 0.4) is 0 Å². The Morgan fingerprint density at radius 2 is 2.33 bits per heavy atom. The van der Waals surface area contributed by atoms with Crippen LogP contribution in [0.25, 0.3) is 0 Å². The van der Waals surface area contributed by atoms with Gasteiger partial charge in [0, 0.05) is 0 Å². The summed E-state index contributed by atoms with van der Waals surface area (Å²) >= 11 is 3.11. The number of hydrogen-bond donors (Lipinski definition) is 2. The second-order valence-electron chi connectivity index (χ2n) is 3.50. The second kappa shape index (κ2) is 5.13. The average molecular weight is 314 g/mol. The Kier molecular flexibility index (Phi) is 3.56. The summed E-state index contributed by atoms with van der Waals surface area (Å²) in [6.45, 7) is 0.407. The summed E-state index contributed by atoms with van der Waals surface area (Å²) in [5.74, 6) is -0.345. The van der Waals surface area contributed by atoms with Crippen molar-refractivity contribution in [2.45, 2.75) is 6.54 Å². The third kappa shape index (κ3) is 2.65. The van der Waals surface area contributed by atoms with Gasteiger partial charge in [0.25, 0.3) is 0 Å². The molecule has 0 bridgehead atoms. The van der Waals surface area contributed by atoms with Crippen LogP contribution in [0.4, 0.5) is 4.39 Å². The lowest BCUT2D eigenvalue weighted by atomic mass is 10.2. The van der Waals surface area contributed by atoms with Crippen molar-refractivity contribution in [1.29, 1.82) is 0 Å². The van der Waals surface area contributed by atoms with E-state index in [-0.39, 0.29) is 17.5 Å². The Hall–Kier alpha value is -1.96. The van der Waals surface area contributed by atoms with Crippen molar-refractivity contribution < 1.29 is 9.60 Å². The summed E-state index contributed by atoms with van der Waals surface area (Å²) in [5, 5.41) is 15.3. The number of aromatic nitrogens is 3. The van der Waals surface area contributed by atoms with Gasteiger partial charge in [-0.2, -0.15) is 0 Å². The van der Waals surface area contributed by atoms with Crippen LogP contribution in [-0.2, 0) is 6.54 Å². The predicted octanol–water partition coefficient (Wildman–Crippen LogP) is 1.32. The number of benzene rings is 1. The summed E-state index contributed by atoms with van der Waals surface area (Å²) in [5.41, 5.74) is 6.20. The monoisotopic (exact) mass is 313 g/mol. The summed E-state index contributed by atoms with van der Waals surface area (Å²) in [6, 6.07) is 4.66. The molecule has 3 N–H and O–H groups in total. The van der Waals surface area contributed by atoms with Gasteiger partial charge in [-0.05, 0) is 33.6 Å². The van der Waals surface area contributed by atoms with Gasteiger partial charge in [0.1, 0.15) is 12.1 Å². The fourth-order valence-corrected chi connectivity index (χ4v) is 1.78. The number of halogens is 2. The molecule has 0 fully saturated rings. The van der Waals surface area contributed by atoms with Crippen molar-refractivity contribution in [3.63, 3.8) is 0 Å². The Morgan fingerprint density at radius 3 is 3.00 bits per heavy atom. The minimum Gasteiger partial charge on any atom is -0.409 e. The molecule has 0 aliphatic heterocycles. The standard InChI is InChI=1S/C10H9BrFN5O/c11-7-3-6(1-2-8(7)12)4-17-5-14-10(15-17)9(13)16-18/h1-3,5,18H,4H2,(H2,13,16). The number of hydrogen-bond acceptors (Lipinski definition) is 4. The summed E-state index contributed by atoms with van der Waals surface area (Å²) in [6.07, 6.45) is 1.45. The molecule has 8 heteroatoms. The van der Waals surface area contributed by atoms with Gasteiger partial charge in [-0.25, -0.2) is 14.1 Å². The molecule has 1 aromatic heterocycles. The van der Waals surface area contributed by atoms with Gasteiger partial charge >= 0.3 is 0 Å². The largest absolute Gasteiger partial charge is 0.409 e. The Balaban J connectivity index is 2.18. The minimum absolute atomic E-state index is 0.138. The Bertz CT molecular complexity index is 598. The quantitative estimate of drug-likeness (QED) is 0.387. The van der Waals surface area contributed by atoms with Gasteiger partial charge in [-0.1, -0.05) is 11.2 Å². The topological polar surface area (TPSA) is 89.3 Å². The van der Waals surface area contributed by atoms with Crippen molar-refractivity contribution >= 4 is 21.8 Å². The Morgan fingerprint density at radius 1 is 1.56 bits per heavy atom. The molecule has 0 radical (unpaired) electrons. The number of oxime groups is 1. The van der Waals surface area contributed by atoms with Gasteiger partial charge < -0.3 is 10.9 Å². The first-order valence-electron chi connectivity index (χ1n) is 4.91. The summed E-state index contributed by atoms with van der Waals surface area (Å²) < 4.78 is 14.9. The molecular formula is C10H9BrFN5O. The molecule has 0 atom stereocenters. The van der Waals surface area contributed by atoms with E-state index in [0.717, 1.165) is 5.56 Å². The molecule has 6 nitrogen and oxygen atoms in total. The van der Waals surface area contributed by atoms with E-state index < -0.39 is 0 Å². The minimum atomic E-state index is -0.324. The molecule has 0 aliphatic carbocycles. The molecule has 18 heavy (non-hydrogen) atoms. The lowest BCUT2D eigenvalue weighted by Gasteiger charge is -2.02. The van der Waals surface area contributed by atoms with E-state index in [2.05, 4.69) is 31.2 Å². The first-order valence-corrected chi connectivity index (χ1v) is 5.70. The highest BCUT2D eigenvalue weighted by atomic mass is 79.9. The van der Waals surface area contributed by atoms with Crippen LogP contribution in [0.5, 0.6) is 0 Å². The fraction of sp³-hybridized carbons (Fsp3) is 0.100. The van der Waals surface area contributed by atoms with Gasteiger partial charge in [-0.15, -0.1) is 5.10 Å². The van der Waals surface area contributed by atoms with E-state index in [9.17, 15) is 4.39 Å². The molecule has 0 spiro atoms. The van der Waals surface area contributed by atoms with Crippen LogP contribution in [0.1, 0.15) is 11.4 Å². The number of nitrogens with zero attached hydrogens (tertiary/aromatic N) is 4. The van der Waals surface area contributed by atoms with Gasteiger partial charge in [-0.3, -0.25) is 0 Å². The zero-order valence-electron chi connectivity index (χ0n) is 9.09.